The third kappa shape index (κ3) is 23.4. The quantitative estimate of drug-likeness (QED) is 0.144. The van der Waals surface area contributed by atoms with Crippen molar-refractivity contribution in [3.8, 4) is 0 Å². The van der Waals surface area contributed by atoms with Gasteiger partial charge in [0, 0.05) is 26.1 Å². The Morgan fingerprint density at radius 1 is 0.740 bits per heavy atom. The highest BCUT2D eigenvalue weighted by atomic mass is 16.6. The summed E-state index contributed by atoms with van der Waals surface area (Å²) < 4.78 is 21.0. The van der Waals surface area contributed by atoms with Crippen molar-refractivity contribution in [2.45, 2.75) is 138 Å². The van der Waals surface area contributed by atoms with Crippen LogP contribution in [0.25, 0.3) is 0 Å². The maximum atomic E-state index is 12.5. The third-order valence-corrected chi connectivity index (χ3v) is 7.38. The van der Waals surface area contributed by atoms with Gasteiger partial charge in [-0.2, -0.15) is 0 Å². The van der Waals surface area contributed by atoms with E-state index >= 15 is 0 Å². The van der Waals surface area contributed by atoms with Gasteiger partial charge >= 0.3 is 23.9 Å². The minimum absolute atomic E-state index is 0.0315. The Morgan fingerprint density at radius 2 is 1.16 bits per heavy atom. The molecule has 2 rings (SSSR count). The molecule has 1 fully saturated rings. The van der Waals surface area contributed by atoms with E-state index in [2.05, 4.69) is 0 Å². The van der Waals surface area contributed by atoms with Gasteiger partial charge in [0.1, 0.15) is 29.9 Å². The normalized spacial score (nSPS) is 14.3. The van der Waals surface area contributed by atoms with Gasteiger partial charge < -0.3 is 24.1 Å². The van der Waals surface area contributed by atoms with Crippen molar-refractivity contribution < 1.29 is 43.2 Å². The number of esters is 3. The van der Waals surface area contributed by atoms with Crippen LogP contribution in [0.3, 0.4) is 0 Å². The predicted octanol–water partition coefficient (Wildman–Crippen LogP) is 6.75. The Labute approximate surface area is 302 Å². The molecule has 0 unspecified atom stereocenters. The van der Waals surface area contributed by atoms with Gasteiger partial charge in [-0.25, -0.2) is 0 Å². The zero-order valence-corrected chi connectivity index (χ0v) is 33.1. The molecule has 0 saturated carbocycles. The maximum Gasteiger partial charge on any atom is 0.323 e. The molecule has 0 aliphatic carbocycles. The van der Waals surface area contributed by atoms with Crippen LogP contribution in [-0.4, -0.2) is 102 Å². The number of benzene rings is 1. The van der Waals surface area contributed by atoms with Crippen molar-refractivity contribution in [2.24, 2.45) is 11.8 Å². The number of nitrogens with zero attached hydrogens (tertiary/aromatic N) is 2. The lowest BCUT2D eigenvalue weighted by atomic mass is 10.0. The highest BCUT2D eigenvalue weighted by molar-refractivity contribution is 5.76. The number of hydrogen-bond acceptors (Lipinski definition) is 10. The van der Waals surface area contributed by atoms with E-state index in [1.54, 1.807) is 11.9 Å². The molecule has 1 aliphatic heterocycles. The molecule has 11 heteroatoms. The molecule has 0 aromatic heterocycles. The number of likely N-dealkylation sites (N-methyl/N-ethyl adjacent to an activating group) is 2. The molecule has 50 heavy (non-hydrogen) atoms. The fourth-order valence-corrected chi connectivity index (χ4v) is 5.28. The smallest absolute Gasteiger partial charge is 0.323 e. The molecule has 1 saturated heterocycles. The number of carbonyl (C=O) groups excluding carboxylic acids is 3. The number of rotatable bonds is 16. The van der Waals surface area contributed by atoms with E-state index in [0.717, 1.165) is 18.8 Å². The lowest BCUT2D eigenvalue weighted by molar-refractivity contribution is -0.156. The number of hydrogen-bond donors (Lipinski definition) is 1. The second kappa shape index (κ2) is 24.2. The summed E-state index contributed by atoms with van der Waals surface area (Å²) in [6, 6.07) is 8.79. The molecule has 0 amide bonds. The number of carboxylic acids is 1. The molecule has 0 spiro atoms. The second-order valence-electron chi connectivity index (χ2n) is 15.5. The Kier molecular flexibility index (Phi) is 22.8. The number of carbonyl (C=O) groups is 4. The van der Waals surface area contributed by atoms with Gasteiger partial charge in [0.2, 0.25) is 0 Å². The fraction of sp³-hybridized carbons (Fsp3) is 0.744. The Hall–Kier alpha value is -3.02. The first-order valence-corrected chi connectivity index (χ1v) is 18.0. The Bertz CT molecular complexity index is 1100. The predicted molar refractivity (Wildman–Crippen MR) is 197 cm³/mol. The zero-order chi connectivity index (χ0) is 38.5. The van der Waals surface area contributed by atoms with Crippen molar-refractivity contribution >= 4 is 23.9 Å². The molecule has 1 N–H and O–H groups in total. The summed E-state index contributed by atoms with van der Waals surface area (Å²) in [7, 11) is 3.66. The number of carboxylic acid groups (broad SMARTS) is 1. The van der Waals surface area contributed by atoms with Crippen LogP contribution < -0.4 is 0 Å². The van der Waals surface area contributed by atoms with Crippen molar-refractivity contribution in [3.05, 3.63) is 35.9 Å². The molecule has 1 aliphatic rings. The van der Waals surface area contributed by atoms with Crippen LogP contribution in [0.15, 0.2) is 30.3 Å². The summed E-state index contributed by atoms with van der Waals surface area (Å²) in [5.74, 6) is -1.36. The molecule has 1 heterocycles. The van der Waals surface area contributed by atoms with Gasteiger partial charge in [-0.1, -0.05) is 58.0 Å². The third-order valence-electron chi connectivity index (χ3n) is 7.38. The second-order valence-corrected chi connectivity index (χ2v) is 15.5. The van der Waals surface area contributed by atoms with Gasteiger partial charge in [0.15, 0.2) is 0 Å². The van der Waals surface area contributed by atoms with Crippen molar-refractivity contribution in [3.63, 3.8) is 0 Å². The first-order chi connectivity index (χ1) is 23.1. The maximum absolute atomic E-state index is 12.5. The monoisotopic (exact) mass is 708 g/mol. The van der Waals surface area contributed by atoms with Crippen LogP contribution in [-0.2, 0) is 44.7 Å². The SMILES string of the molecule is C1CCOC1.CC(C)[C@@H](C(=O)O)N(C)CCCC(=O)OC(C)(C)C.CC(C)[C@@H](C(=O)OCc1ccccc1)N(C)CCCC(=O)OC(C)(C)C. The molecule has 0 radical (unpaired) electrons. The lowest BCUT2D eigenvalue weighted by Crippen LogP contribution is -2.44. The van der Waals surface area contributed by atoms with E-state index in [0.29, 0.717) is 38.8 Å². The number of ether oxygens (including phenoxy) is 4. The average Bonchev–Trinajstić information content (AvgIpc) is 3.55. The molecule has 11 nitrogen and oxygen atoms in total. The Morgan fingerprint density at radius 3 is 1.50 bits per heavy atom. The summed E-state index contributed by atoms with van der Waals surface area (Å²) in [6.45, 7) is 22.3. The van der Waals surface area contributed by atoms with Gasteiger partial charge in [0.25, 0.3) is 0 Å². The van der Waals surface area contributed by atoms with Crippen LogP contribution in [0, 0.1) is 11.8 Å². The van der Waals surface area contributed by atoms with Crippen LogP contribution in [0.5, 0.6) is 0 Å². The van der Waals surface area contributed by atoms with Gasteiger partial charge in [-0.3, -0.25) is 29.0 Å². The standard InChI is InChI=1S/C21H33NO4.C14H27NO4.C4H8O/c1-16(2)19(20(24)25-15-17-11-8-7-9-12-17)22(6)14-10-13-18(23)26-21(3,4)5;1-10(2)12(13(17)18)15(6)9-7-8-11(16)19-14(3,4)5;1-2-4-5-3-1/h7-9,11-12,16,19H,10,13-15H2,1-6H3;10,12H,7-9H2,1-6H3,(H,17,18);1-4H2/t19-;12-;/m00./s1. The van der Waals surface area contributed by atoms with E-state index in [9.17, 15) is 19.2 Å². The van der Waals surface area contributed by atoms with Crippen LogP contribution in [0.1, 0.15) is 113 Å². The highest BCUT2D eigenvalue weighted by Crippen LogP contribution is 2.16. The van der Waals surface area contributed by atoms with Crippen LogP contribution in [0.4, 0.5) is 0 Å². The minimum atomic E-state index is -0.824. The Balaban J connectivity index is 0.000000870. The lowest BCUT2D eigenvalue weighted by Gasteiger charge is -2.29. The van der Waals surface area contributed by atoms with Crippen molar-refractivity contribution in [2.75, 3.05) is 40.4 Å². The summed E-state index contributed by atoms with van der Waals surface area (Å²) in [5, 5.41) is 9.14. The van der Waals surface area contributed by atoms with Crippen molar-refractivity contribution in [1.82, 2.24) is 9.80 Å². The van der Waals surface area contributed by atoms with Gasteiger partial charge in [-0.05, 0) is 112 Å². The summed E-state index contributed by atoms with van der Waals surface area (Å²) in [5.41, 5.74) is 0.0332. The molecular formula is C39H68N2O9. The molecular weight excluding hydrogens is 640 g/mol. The van der Waals surface area contributed by atoms with E-state index in [1.807, 2.05) is 112 Å². The molecule has 288 valence electrons. The highest BCUT2D eigenvalue weighted by Gasteiger charge is 2.28. The van der Waals surface area contributed by atoms with E-state index in [-0.39, 0.29) is 42.4 Å². The van der Waals surface area contributed by atoms with Crippen LogP contribution in [0.2, 0.25) is 0 Å². The van der Waals surface area contributed by atoms with Gasteiger partial charge in [0.05, 0.1) is 0 Å². The minimum Gasteiger partial charge on any atom is -0.480 e. The van der Waals surface area contributed by atoms with Gasteiger partial charge in [-0.15, -0.1) is 0 Å². The molecule has 1 aromatic rings. The molecule has 2 atom stereocenters. The largest absolute Gasteiger partial charge is 0.480 e. The zero-order valence-electron chi connectivity index (χ0n) is 33.1. The summed E-state index contributed by atoms with van der Waals surface area (Å²) in [4.78, 5) is 50.7. The van der Waals surface area contributed by atoms with E-state index in [1.165, 1.54) is 12.8 Å². The number of aliphatic carboxylic acids is 1. The van der Waals surface area contributed by atoms with Crippen LogP contribution >= 0.6 is 0 Å². The molecule has 1 aromatic carbocycles. The fourth-order valence-electron chi connectivity index (χ4n) is 5.28. The summed E-state index contributed by atoms with van der Waals surface area (Å²) in [6.07, 6.45) is 4.44. The van der Waals surface area contributed by atoms with E-state index in [4.69, 9.17) is 24.1 Å². The first kappa shape index (κ1) is 47.0. The first-order valence-electron chi connectivity index (χ1n) is 18.0. The van der Waals surface area contributed by atoms with E-state index < -0.39 is 23.2 Å². The summed E-state index contributed by atoms with van der Waals surface area (Å²) >= 11 is 0. The van der Waals surface area contributed by atoms with Crippen molar-refractivity contribution in [1.29, 1.82) is 0 Å². The molecule has 0 bridgehead atoms. The average molecular weight is 709 g/mol. The topological polar surface area (TPSA) is 132 Å².